The maximum atomic E-state index is 14.5. The summed E-state index contributed by atoms with van der Waals surface area (Å²) in [5, 5.41) is 4.81. The first-order valence-electron chi connectivity index (χ1n) is 13.2. The van der Waals surface area contributed by atoms with Gasteiger partial charge in [0.2, 0.25) is 5.95 Å². The number of hydrogen-bond acceptors (Lipinski definition) is 5. The molecule has 0 saturated carbocycles. The van der Waals surface area contributed by atoms with Gasteiger partial charge in [-0.15, -0.1) is 11.3 Å². The lowest BCUT2D eigenvalue weighted by molar-refractivity contribution is 0.185. The minimum absolute atomic E-state index is 0.0155. The number of halogens is 1. The van der Waals surface area contributed by atoms with E-state index < -0.39 is 0 Å². The summed E-state index contributed by atoms with van der Waals surface area (Å²) in [6.07, 6.45) is 0.739. The van der Waals surface area contributed by atoms with Crippen LogP contribution in [-0.4, -0.2) is 27.0 Å². The Balaban J connectivity index is 1.63. The zero-order valence-corrected chi connectivity index (χ0v) is 24.1. The number of rotatable bonds is 4. The van der Waals surface area contributed by atoms with E-state index in [1.165, 1.54) is 16.0 Å². The molecule has 1 N–H and O–H groups in total. The van der Waals surface area contributed by atoms with Crippen LogP contribution < -0.4 is 10.9 Å². The summed E-state index contributed by atoms with van der Waals surface area (Å²) in [6, 6.07) is 28.6. The molecule has 1 aliphatic rings. The molecule has 2 atom stereocenters. The molecule has 5 aromatic rings. The lowest BCUT2D eigenvalue weighted by atomic mass is 9.87. The summed E-state index contributed by atoms with van der Waals surface area (Å²) in [7, 11) is 2.19. The van der Waals surface area contributed by atoms with E-state index in [1.54, 1.807) is 15.9 Å². The highest BCUT2D eigenvalue weighted by atomic mass is 35.5. The number of nitrogens with one attached hydrogen (secondary N) is 1. The highest BCUT2D eigenvalue weighted by Crippen LogP contribution is 2.48. The number of hydrogen-bond donors (Lipinski definition) is 1. The summed E-state index contributed by atoms with van der Waals surface area (Å²) in [5.74, 6) is 0.533. The highest BCUT2D eigenvalue weighted by Gasteiger charge is 2.38. The molecular formula is C32H31ClN4OS. The van der Waals surface area contributed by atoms with E-state index in [2.05, 4.69) is 86.6 Å². The smallest absolute Gasteiger partial charge is 0.268 e. The van der Waals surface area contributed by atoms with E-state index in [4.69, 9.17) is 16.6 Å². The fourth-order valence-electron chi connectivity index (χ4n) is 5.55. The second kappa shape index (κ2) is 9.94. The number of fused-ring (bicyclic) bond motifs is 3. The van der Waals surface area contributed by atoms with Gasteiger partial charge in [-0.25, -0.2) is 9.55 Å². The van der Waals surface area contributed by atoms with E-state index in [9.17, 15) is 4.79 Å². The van der Waals surface area contributed by atoms with Crippen LogP contribution in [-0.2, 0) is 6.42 Å². The van der Waals surface area contributed by atoms with Crippen molar-refractivity contribution in [2.24, 2.45) is 0 Å². The Morgan fingerprint density at radius 2 is 1.54 bits per heavy atom. The molecule has 2 aromatic heterocycles. The number of likely N-dealkylation sites (N-methyl/N-ethyl adjacent to an activating group) is 1. The molecule has 198 valence electrons. The van der Waals surface area contributed by atoms with E-state index >= 15 is 0 Å². The molecule has 3 aromatic carbocycles. The van der Waals surface area contributed by atoms with Crippen LogP contribution in [0.4, 0.5) is 5.95 Å². The summed E-state index contributed by atoms with van der Waals surface area (Å²) in [4.78, 5) is 24.0. The van der Waals surface area contributed by atoms with Gasteiger partial charge >= 0.3 is 0 Å². The van der Waals surface area contributed by atoms with Gasteiger partial charge in [0.1, 0.15) is 4.83 Å². The van der Waals surface area contributed by atoms with Gasteiger partial charge in [0.05, 0.1) is 17.1 Å². The van der Waals surface area contributed by atoms with E-state index in [-0.39, 0.29) is 23.2 Å². The van der Waals surface area contributed by atoms with Crippen molar-refractivity contribution >= 4 is 39.1 Å². The van der Waals surface area contributed by atoms with Crippen LogP contribution in [0.15, 0.2) is 89.7 Å². The van der Waals surface area contributed by atoms with Crippen molar-refractivity contribution in [2.75, 3.05) is 12.4 Å². The standard InChI is InChI=1S/C32H31ClN4OS/c1-32(2,3)35-31-34-29-26(30(38)37(31)23-17-15-22(33)16-18-23)24-19-25(20-11-7-5-8-12-20)36(4)27(28(24)39-29)21-13-9-6-10-14-21/h5-18,25,27H,19H2,1-4H3,(H,34,35). The Hall–Kier alpha value is -3.45. The second-order valence-corrected chi connectivity index (χ2v) is 12.6. The van der Waals surface area contributed by atoms with Gasteiger partial charge in [-0.2, -0.15) is 0 Å². The lowest BCUT2D eigenvalue weighted by Crippen LogP contribution is -2.36. The summed E-state index contributed by atoms with van der Waals surface area (Å²) >= 11 is 7.84. The SMILES string of the molecule is CN1C(c2ccccc2)Cc2c(sc3nc(NC(C)(C)C)n(-c4ccc(Cl)cc4)c(=O)c23)C1c1ccccc1. The molecule has 0 saturated heterocycles. The molecule has 2 unspecified atom stereocenters. The normalized spacial score (nSPS) is 17.8. The van der Waals surface area contributed by atoms with E-state index in [1.807, 2.05) is 36.4 Å². The summed E-state index contributed by atoms with van der Waals surface area (Å²) < 4.78 is 1.70. The van der Waals surface area contributed by atoms with Crippen molar-refractivity contribution in [3.63, 3.8) is 0 Å². The Bertz CT molecular complexity index is 1690. The molecule has 0 aliphatic carbocycles. The van der Waals surface area contributed by atoms with Crippen molar-refractivity contribution in [1.82, 2.24) is 14.5 Å². The molecule has 0 spiro atoms. The second-order valence-electron chi connectivity index (χ2n) is 11.2. The molecule has 6 rings (SSSR count). The minimum atomic E-state index is -0.288. The molecule has 1 aliphatic heterocycles. The number of aromatic nitrogens is 2. The van der Waals surface area contributed by atoms with Crippen molar-refractivity contribution in [1.29, 1.82) is 0 Å². The third kappa shape index (κ3) is 4.78. The first-order chi connectivity index (χ1) is 18.7. The largest absolute Gasteiger partial charge is 0.351 e. The number of benzene rings is 3. The van der Waals surface area contributed by atoms with Gasteiger partial charge < -0.3 is 5.32 Å². The quantitative estimate of drug-likeness (QED) is 0.248. The molecule has 7 heteroatoms. The van der Waals surface area contributed by atoms with Crippen LogP contribution in [0.5, 0.6) is 0 Å². The maximum Gasteiger partial charge on any atom is 0.268 e. The van der Waals surface area contributed by atoms with Crippen LogP contribution in [0, 0.1) is 0 Å². The third-order valence-electron chi connectivity index (χ3n) is 7.27. The van der Waals surface area contributed by atoms with Gasteiger partial charge in [-0.1, -0.05) is 72.3 Å². The van der Waals surface area contributed by atoms with Crippen LogP contribution in [0.3, 0.4) is 0 Å². The topological polar surface area (TPSA) is 50.2 Å². The van der Waals surface area contributed by atoms with Crippen molar-refractivity contribution in [3.8, 4) is 5.69 Å². The fraction of sp³-hybridized carbons (Fsp3) is 0.250. The Kier molecular flexibility index (Phi) is 6.58. The molecule has 0 amide bonds. The van der Waals surface area contributed by atoms with Gasteiger partial charge in [0.15, 0.2) is 0 Å². The Labute approximate surface area is 237 Å². The van der Waals surface area contributed by atoms with Crippen molar-refractivity contribution in [3.05, 3.63) is 122 Å². The molecular weight excluding hydrogens is 524 g/mol. The number of anilines is 1. The van der Waals surface area contributed by atoms with Crippen molar-refractivity contribution in [2.45, 2.75) is 44.8 Å². The average molecular weight is 555 g/mol. The van der Waals surface area contributed by atoms with Gasteiger partial charge in [0.25, 0.3) is 5.56 Å². The van der Waals surface area contributed by atoms with Crippen LogP contribution in [0.1, 0.15) is 54.4 Å². The van der Waals surface area contributed by atoms with E-state index in [0.29, 0.717) is 16.4 Å². The van der Waals surface area contributed by atoms with Gasteiger partial charge in [-0.05, 0) is 75.2 Å². The minimum Gasteiger partial charge on any atom is -0.351 e. The predicted molar refractivity (Wildman–Crippen MR) is 163 cm³/mol. The van der Waals surface area contributed by atoms with Crippen LogP contribution in [0.2, 0.25) is 5.02 Å². The fourth-order valence-corrected chi connectivity index (χ4v) is 7.05. The highest BCUT2D eigenvalue weighted by molar-refractivity contribution is 7.19. The monoisotopic (exact) mass is 554 g/mol. The zero-order chi connectivity index (χ0) is 27.3. The maximum absolute atomic E-state index is 14.5. The van der Waals surface area contributed by atoms with Gasteiger partial charge in [0, 0.05) is 21.5 Å². The molecule has 0 bridgehead atoms. The predicted octanol–water partition coefficient (Wildman–Crippen LogP) is 7.63. The average Bonchev–Trinajstić information content (AvgIpc) is 3.27. The molecule has 5 nitrogen and oxygen atoms in total. The first kappa shape index (κ1) is 25.8. The van der Waals surface area contributed by atoms with Gasteiger partial charge in [-0.3, -0.25) is 9.69 Å². The van der Waals surface area contributed by atoms with Crippen molar-refractivity contribution < 1.29 is 0 Å². The molecule has 0 radical (unpaired) electrons. The zero-order valence-electron chi connectivity index (χ0n) is 22.5. The Morgan fingerprint density at radius 1 is 0.923 bits per heavy atom. The summed E-state index contributed by atoms with van der Waals surface area (Å²) in [5.41, 5.74) is 3.93. The van der Waals surface area contributed by atoms with Crippen LogP contribution >= 0.6 is 22.9 Å². The number of nitrogens with zero attached hydrogens (tertiary/aromatic N) is 3. The number of thiophene rings is 1. The first-order valence-corrected chi connectivity index (χ1v) is 14.3. The summed E-state index contributed by atoms with van der Waals surface area (Å²) in [6.45, 7) is 6.21. The third-order valence-corrected chi connectivity index (χ3v) is 8.70. The van der Waals surface area contributed by atoms with E-state index in [0.717, 1.165) is 22.5 Å². The van der Waals surface area contributed by atoms with Crippen LogP contribution in [0.25, 0.3) is 15.9 Å². The molecule has 39 heavy (non-hydrogen) atoms. The molecule has 0 fully saturated rings. The lowest BCUT2D eigenvalue weighted by Gasteiger charge is -2.40. The molecule has 3 heterocycles. The Morgan fingerprint density at radius 3 is 2.15 bits per heavy atom.